The van der Waals surface area contributed by atoms with Crippen molar-refractivity contribution >= 4 is 11.5 Å². The van der Waals surface area contributed by atoms with Gasteiger partial charge >= 0.3 is 0 Å². The zero-order valence-corrected chi connectivity index (χ0v) is 9.09. The van der Waals surface area contributed by atoms with Crippen LogP contribution in [0.5, 0.6) is 0 Å². The first-order chi connectivity index (χ1) is 6.77. The van der Waals surface area contributed by atoms with E-state index in [2.05, 4.69) is 4.37 Å². The molecule has 4 heteroatoms. The highest BCUT2D eigenvalue weighted by Crippen LogP contribution is 2.30. The first-order valence-electron chi connectivity index (χ1n) is 4.96. The van der Waals surface area contributed by atoms with Crippen LogP contribution in [0.1, 0.15) is 29.5 Å². The van der Waals surface area contributed by atoms with Crippen molar-refractivity contribution < 1.29 is 9.84 Å². The fourth-order valence-corrected chi connectivity index (χ4v) is 2.60. The smallest absolute Gasteiger partial charge is 0.0948 e. The Balaban J connectivity index is 2.03. The van der Waals surface area contributed by atoms with Crippen molar-refractivity contribution in [2.45, 2.75) is 25.9 Å². The number of ether oxygens (including phenoxy) is 1. The van der Waals surface area contributed by atoms with Crippen LogP contribution < -0.4 is 0 Å². The van der Waals surface area contributed by atoms with Crippen molar-refractivity contribution in [3.8, 4) is 0 Å². The SMILES string of the molecule is Cc1cc(C(O)C2CCCOC2)sn1. The van der Waals surface area contributed by atoms with Gasteiger partial charge in [-0.25, -0.2) is 0 Å². The minimum Gasteiger partial charge on any atom is -0.387 e. The van der Waals surface area contributed by atoms with Crippen LogP contribution in [-0.4, -0.2) is 22.7 Å². The fraction of sp³-hybridized carbons (Fsp3) is 0.700. The Hall–Kier alpha value is -0.450. The highest BCUT2D eigenvalue weighted by Gasteiger charge is 2.24. The summed E-state index contributed by atoms with van der Waals surface area (Å²) in [4.78, 5) is 0.970. The summed E-state index contributed by atoms with van der Waals surface area (Å²) >= 11 is 1.40. The first kappa shape index (κ1) is 10.1. The van der Waals surface area contributed by atoms with Crippen molar-refractivity contribution in [1.29, 1.82) is 0 Å². The third kappa shape index (κ3) is 2.13. The zero-order chi connectivity index (χ0) is 9.97. The van der Waals surface area contributed by atoms with Gasteiger partial charge in [-0.1, -0.05) is 0 Å². The van der Waals surface area contributed by atoms with Crippen molar-refractivity contribution in [2.75, 3.05) is 13.2 Å². The van der Waals surface area contributed by atoms with E-state index in [4.69, 9.17) is 4.74 Å². The molecule has 1 aromatic heterocycles. The summed E-state index contributed by atoms with van der Waals surface area (Å²) in [6.45, 7) is 3.47. The second kappa shape index (κ2) is 4.38. The predicted octanol–water partition coefficient (Wildman–Crippen LogP) is 1.91. The number of aliphatic hydroxyl groups is 1. The molecule has 0 radical (unpaired) electrons. The molecule has 0 aliphatic carbocycles. The Morgan fingerprint density at radius 3 is 3.14 bits per heavy atom. The van der Waals surface area contributed by atoms with E-state index in [1.807, 2.05) is 13.0 Å². The number of aliphatic hydroxyl groups excluding tert-OH is 1. The minimum absolute atomic E-state index is 0.253. The molecule has 2 atom stereocenters. The van der Waals surface area contributed by atoms with Crippen molar-refractivity contribution in [3.63, 3.8) is 0 Å². The van der Waals surface area contributed by atoms with E-state index in [-0.39, 0.29) is 12.0 Å². The molecule has 2 unspecified atom stereocenters. The fourth-order valence-electron chi connectivity index (χ4n) is 1.77. The van der Waals surface area contributed by atoms with Gasteiger partial charge in [0.1, 0.15) is 0 Å². The maximum atomic E-state index is 10.0. The molecule has 78 valence electrons. The monoisotopic (exact) mass is 213 g/mol. The molecule has 1 aromatic rings. The van der Waals surface area contributed by atoms with Crippen LogP contribution in [0.15, 0.2) is 6.07 Å². The maximum absolute atomic E-state index is 10.0. The zero-order valence-electron chi connectivity index (χ0n) is 8.27. The lowest BCUT2D eigenvalue weighted by Crippen LogP contribution is -2.23. The molecule has 0 spiro atoms. The molecule has 2 heterocycles. The molecule has 0 aromatic carbocycles. The number of hydrogen-bond acceptors (Lipinski definition) is 4. The second-order valence-corrected chi connectivity index (χ2v) is 4.63. The number of hydrogen-bond donors (Lipinski definition) is 1. The Bertz CT molecular complexity index is 294. The molecule has 1 saturated heterocycles. The highest BCUT2D eigenvalue weighted by atomic mass is 32.1. The number of aryl methyl sites for hydroxylation is 1. The molecule has 14 heavy (non-hydrogen) atoms. The van der Waals surface area contributed by atoms with E-state index in [0.717, 1.165) is 30.0 Å². The van der Waals surface area contributed by atoms with E-state index in [0.29, 0.717) is 6.61 Å². The Kier molecular flexibility index (Phi) is 3.15. The molecule has 0 amide bonds. The van der Waals surface area contributed by atoms with Gasteiger partial charge in [0, 0.05) is 12.5 Å². The minimum atomic E-state index is -0.388. The lowest BCUT2D eigenvalue weighted by Gasteiger charge is -2.25. The van der Waals surface area contributed by atoms with Gasteiger partial charge in [-0.05, 0) is 37.4 Å². The Morgan fingerprint density at radius 2 is 2.57 bits per heavy atom. The molecule has 2 rings (SSSR count). The normalized spacial score (nSPS) is 24.9. The largest absolute Gasteiger partial charge is 0.387 e. The van der Waals surface area contributed by atoms with Crippen molar-refractivity contribution in [2.24, 2.45) is 5.92 Å². The third-order valence-electron chi connectivity index (χ3n) is 2.58. The van der Waals surface area contributed by atoms with Gasteiger partial charge < -0.3 is 9.84 Å². The van der Waals surface area contributed by atoms with Crippen molar-refractivity contribution in [3.05, 3.63) is 16.6 Å². The summed E-state index contributed by atoms with van der Waals surface area (Å²) in [5.74, 6) is 0.253. The molecule has 3 nitrogen and oxygen atoms in total. The first-order valence-corrected chi connectivity index (χ1v) is 5.74. The summed E-state index contributed by atoms with van der Waals surface area (Å²) in [6.07, 6.45) is 1.72. The molecule has 1 fully saturated rings. The van der Waals surface area contributed by atoms with E-state index >= 15 is 0 Å². The molecule has 0 saturated carbocycles. The van der Waals surface area contributed by atoms with E-state index in [1.54, 1.807) is 0 Å². The van der Waals surface area contributed by atoms with Crippen molar-refractivity contribution in [1.82, 2.24) is 4.37 Å². The molecule has 1 aliphatic heterocycles. The van der Waals surface area contributed by atoms with Gasteiger partial charge in [-0.15, -0.1) is 0 Å². The van der Waals surface area contributed by atoms with Gasteiger partial charge in [0.2, 0.25) is 0 Å². The quantitative estimate of drug-likeness (QED) is 0.816. The molecule has 1 aliphatic rings. The number of rotatable bonds is 2. The molecule has 0 bridgehead atoms. The van der Waals surface area contributed by atoms with Crippen LogP contribution in [0.25, 0.3) is 0 Å². The Morgan fingerprint density at radius 1 is 1.71 bits per heavy atom. The van der Waals surface area contributed by atoms with Gasteiger partial charge in [0.15, 0.2) is 0 Å². The van der Waals surface area contributed by atoms with E-state index in [1.165, 1.54) is 11.5 Å². The predicted molar refractivity (Wildman–Crippen MR) is 55.4 cm³/mol. The lowest BCUT2D eigenvalue weighted by molar-refractivity contribution is -0.00864. The lowest BCUT2D eigenvalue weighted by atomic mass is 9.95. The van der Waals surface area contributed by atoms with Crippen LogP contribution >= 0.6 is 11.5 Å². The van der Waals surface area contributed by atoms with Crippen LogP contribution in [0.3, 0.4) is 0 Å². The maximum Gasteiger partial charge on any atom is 0.0948 e. The average molecular weight is 213 g/mol. The standard InChI is InChI=1S/C10H15NO2S/c1-7-5-9(14-11-7)10(12)8-3-2-4-13-6-8/h5,8,10,12H,2-4,6H2,1H3. The summed E-state index contributed by atoms with van der Waals surface area (Å²) in [7, 11) is 0. The van der Waals surface area contributed by atoms with Crippen LogP contribution in [0.4, 0.5) is 0 Å². The average Bonchev–Trinajstić information content (AvgIpc) is 2.65. The van der Waals surface area contributed by atoms with E-state index in [9.17, 15) is 5.11 Å². The number of aromatic nitrogens is 1. The van der Waals surface area contributed by atoms with Crippen LogP contribution in [-0.2, 0) is 4.74 Å². The number of nitrogens with zero attached hydrogens (tertiary/aromatic N) is 1. The molecule has 1 N–H and O–H groups in total. The summed E-state index contributed by atoms with van der Waals surface area (Å²) < 4.78 is 9.53. The summed E-state index contributed by atoms with van der Waals surface area (Å²) in [5, 5.41) is 10.0. The molecular weight excluding hydrogens is 198 g/mol. The Labute approximate surface area is 87.9 Å². The highest BCUT2D eigenvalue weighted by molar-refractivity contribution is 7.05. The van der Waals surface area contributed by atoms with Crippen LogP contribution in [0.2, 0.25) is 0 Å². The van der Waals surface area contributed by atoms with Gasteiger partial charge in [-0.2, -0.15) is 4.37 Å². The summed E-state index contributed by atoms with van der Waals surface area (Å²) in [5.41, 5.74) is 0.987. The van der Waals surface area contributed by atoms with Crippen LogP contribution in [0, 0.1) is 12.8 Å². The van der Waals surface area contributed by atoms with Gasteiger partial charge in [0.05, 0.1) is 23.3 Å². The summed E-state index contributed by atoms with van der Waals surface area (Å²) in [6, 6.07) is 1.96. The van der Waals surface area contributed by atoms with E-state index < -0.39 is 0 Å². The molecular formula is C10H15NO2S. The second-order valence-electron chi connectivity index (χ2n) is 3.79. The third-order valence-corrected chi connectivity index (χ3v) is 3.53. The topological polar surface area (TPSA) is 42.4 Å². The van der Waals surface area contributed by atoms with Gasteiger partial charge in [0.25, 0.3) is 0 Å². The van der Waals surface area contributed by atoms with Gasteiger partial charge in [-0.3, -0.25) is 0 Å².